The van der Waals surface area contributed by atoms with Crippen LogP contribution >= 0.6 is 0 Å². The fourth-order valence-electron chi connectivity index (χ4n) is 1.82. The zero-order chi connectivity index (χ0) is 16.3. The smallest absolute Gasteiger partial charge is 0.262 e. The van der Waals surface area contributed by atoms with Crippen LogP contribution in [0.5, 0.6) is 5.75 Å². The molecule has 7 heteroatoms. The lowest BCUT2D eigenvalue weighted by atomic mass is 10.2. The zero-order valence-corrected chi connectivity index (χ0v) is 12.8. The van der Waals surface area contributed by atoms with E-state index >= 15 is 0 Å². The van der Waals surface area contributed by atoms with E-state index in [2.05, 4.69) is 4.72 Å². The Labute approximate surface area is 127 Å². The number of carbonyl (C=O) groups is 1. The minimum atomic E-state index is -3.86. The number of halogens is 1. The van der Waals surface area contributed by atoms with E-state index in [4.69, 9.17) is 4.74 Å². The van der Waals surface area contributed by atoms with E-state index in [-0.39, 0.29) is 22.1 Å². The molecule has 0 saturated heterocycles. The molecule has 1 N–H and O–H groups in total. The van der Waals surface area contributed by atoms with E-state index in [1.165, 1.54) is 44.4 Å². The first kappa shape index (κ1) is 16.0. The van der Waals surface area contributed by atoms with E-state index in [1.807, 2.05) is 0 Å². The first-order valence-electron chi connectivity index (χ1n) is 6.31. The van der Waals surface area contributed by atoms with E-state index < -0.39 is 15.8 Å². The summed E-state index contributed by atoms with van der Waals surface area (Å²) in [5, 5.41) is 0. The fourth-order valence-corrected chi connectivity index (χ4v) is 2.89. The van der Waals surface area contributed by atoms with Crippen molar-refractivity contribution in [2.45, 2.75) is 11.8 Å². The van der Waals surface area contributed by atoms with Crippen LogP contribution in [0.15, 0.2) is 47.4 Å². The van der Waals surface area contributed by atoms with Crippen molar-refractivity contribution in [3.8, 4) is 5.75 Å². The molecule has 0 fully saturated rings. The highest BCUT2D eigenvalue weighted by molar-refractivity contribution is 7.92. The van der Waals surface area contributed by atoms with Gasteiger partial charge in [-0.2, -0.15) is 0 Å². The molecule has 0 saturated carbocycles. The summed E-state index contributed by atoms with van der Waals surface area (Å²) in [5.41, 5.74) is 0.540. The van der Waals surface area contributed by atoms with Gasteiger partial charge in [-0.3, -0.25) is 9.52 Å². The Bertz CT molecular complexity index is 801. The quantitative estimate of drug-likeness (QED) is 0.859. The van der Waals surface area contributed by atoms with Gasteiger partial charge < -0.3 is 4.74 Å². The molecule has 0 aliphatic carbocycles. The van der Waals surface area contributed by atoms with Crippen molar-refractivity contribution in [3.05, 3.63) is 53.8 Å². The van der Waals surface area contributed by atoms with Gasteiger partial charge in [0, 0.05) is 11.6 Å². The molecule has 0 radical (unpaired) electrons. The highest BCUT2D eigenvalue weighted by atomic mass is 32.2. The Morgan fingerprint density at radius 1 is 1.14 bits per heavy atom. The molecule has 0 amide bonds. The number of anilines is 1. The number of sulfonamides is 1. The molecule has 0 atom stereocenters. The molecular weight excluding hydrogens is 309 g/mol. The summed E-state index contributed by atoms with van der Waals surface area (Å²) >= 11 is 0. The molecule has 116 valence electrons. The number of Topliss-reactive ketones (excluding diaryl/α,β-unsaturated/α-hetero) is 1. The second-order valence-electron chi connectivity index (χ2n) is 4.53. The molecule has 5 nitrogen and oxygen atoms in total. The first-order valence-corrected chi connectivity index (χ1v) is 7.79. The summed E-state index contributed by atoms with van der Waals surface area (Å²) in [4.78, 5) is 11.2. The molecule has 2 aromatic carbocycles. The maximum atomic E-state index is 13.1. The van der Waals surface area contributed by atoms with E-state index in [9.17, 15) is 17.6 Å². The maximum absolute atomic E-state index is 13.1. The van der Waals surface area contributed by atoms with Crippen LogP contribution in [-0.4, -0.2) is 21.3 Å². The van der Waals surface area contributed by atoms with Gasteiger partial charge in [0.25, 0.3) is 10.0 Å². The van der Waals surface area contributed by atoms with Gasteiger partial charge in [0.05, 0.1) is 17.7 Å². The average molecular weight is 323 g/mol. The minimum Gasteiger partial charge on any atom is -0.494 e. The second-order valence-corrected chi connectivity index (χ2v) is 6.21. The number of hydrogen-bond donors (Lipinski definition) is 1. The maximum Gasteiger partial charge on any atom is 0.262 e. The molecule has 22 heavy (non-hydrogen) atoms. The van der Waals surface area contributed by atoms with Gasteiger partial charge in [-0.05, 0) is 31.2 Å². The standard InChI is InChI=1S/C15H14FNO4S/c1-10(18)11-3-6-13(7-4-11)22(19,20)17-14-8-5-12(16)9-15(14)21-2/h3-9,17H,1-2H3. The summed E-state index contributed by atoms with van der Waals surface area (Å²) in [6, 6.07) is 8.99. The third-order valence-electron chi connectivity index (χ3n) is 2.98. The SMILES string of the molecule is COc1cc(F)ccc1NS(=O)(=O)c1ccc(C(C)=O)cc1. The molecule has 2 aromatic rings. The van der Waals surface area contributed by atoms with Crippen LogP contribution in [0.2, 0.25) is 0 Å². The third-order valence-corrected chi connectivity index (χ3v) is 4.36. The van der Waals surface area contributed by atoms with Crippen molar-refractivity contribution in [2.24, 2.45) is 0 Å². The number of nitrogens with one attached hydrogen (secondary N) is 1. The summed E-state index contributed by atoms with van der Waals surface area (Å²) in [6.07, 6.45) is 0. The molecule has 0 unspecified atom stereocenters. The Balaban J connectivity index is 2.33. The topological polar surface area (TPSA) is 72.5 Å². The first-order chi connectivity index (χ1) is 10.3. The van der Waals surface area contributed by atoms with Gasteiger partial charge >= 0.3 is 0 Å². The predicted molar refractivity (Wildman–Crippen MR) is 80.2 cm³/mol. The monoisotopic (exact) mass is 323 g/mol. The molecule has 0 heterocycles. The normalized spacial score (nSPS) is 11.0. The molecule has 0 aliphatic rings. The van der Waals surface area contributed by atoms with Crippen molar-refractivity contribution in [2.75, 3.05) is 11.8 Å². The summed E-state index contributed by atoms with van der Waals surface area (Å²) < 4.78 is 45.0. The largest absolute Gasteiger partial charge is 0.494 e. The third kappa shape index (κ3) is 3.43. The zero-order valence-electron chi connectivity index (χ0n) is 12.0. The van der Waals surface area contributed by atoms with Gasteiger partial charge in [0.1, 0.15) is 11.6 Å². The number of carbonyl (C=O) groups excluding carboxylic acids is 1. The average Bonchev–Trinajstić information content (AvgIpc) is 2.49. The molecule has 0 spiro atoms. The predicted octanol–water partition coefficient (Wildman–Crippen LogP) is 2.84. The Kier molecular flexibility index (Phi) is 4.46. The summed E-state index contributed by atoms with van der Waals surface area (Å²) in [6.45, 7) is 1.39. The molecule has 0 aliphatic heterocycles. The number of ether oxygens (including phenoxy) is 1. The van der Waals surface area contributed by atoms with Crippen molar-refractivity contribution in [1.82, 2.24) is 0 Å². The highest BCUT2D eigenvalue weighted by Gasteiger charge is 2.17. The number of rotatable bonds is 5. The van der Waals surface area contributed by atoms with Gasteiger partial charge in [0.15, 0.2) is 5.78 Å². The van der Waals surface area contributed by atoms with Crippen molar-refractivity contribution < 1.29 is 22.3 Å². The van der Waals surface area contributed by atoms with Crippen LogP contribution in [0.25, 0.3) is 0 Å². The van der Waals surface area contributed by atoms with Crippen LogP contribution in [-0.2, 0) is 10.0 Å². The van der Waals surface area contributed by atoms with Gasteiger partial charge in [-0.1, -0.05) is 12.1 Å². The second kappa shape index (κ2) is 6.15. The van der Waals surface area contributed by atoms with E-state index in [0.717, 1.165) is 12.1 Å². The summed E-state index contributed by atoms with van der Waals surface area (Å²) in [7, 11) is -2.55. The molecule has 2 rings (SSSR count). The number of benzene rings is 2. The van der Waals surface area contributed by atoms with Gasteiger partial charge in [-0.25, -0.2) is 12.8 Å². The van der Waals surface area contributed by atoms with Gasteiger partial charge in [-0.15, -0.1) is 0 Å². The lowest BCUT2D eigenvalue weighted by Crippen LogP contribution is -2.14. The van der Waals surface area contributed by atoms with Crippen molar-refractivity contribution in [1.29, 1.82) is 0 Å². The van der Waals surface area contributed by atoms with Crippen LogP contribution in [0.1, 0.15) is 17.3 Å². The molecular formula is C15H14FNO4S. The number of methoxy groups -OCH3 is 1. The Morgan fingerprint density at radius 2 is 1.77 bits per heavy atom. The van der Waals surface area contributed by atoms with E-state index in [0.29, 0.717) is 5.56 Å². The van der Waals surface area contributed by atoms with Crippen LogP contribution in [0.3, 0.4) is 0 Å². The van der Waals surface area contributed by atoms with Crippen molar-refractivity contribution >= 4 is 21.5 Å². The summed E-state index contributed by atoms with van der Waals surface area (Å²) in [5.74, 6) is -0.619. The highest BCUT2D eigenvalue weighted by Crippen LogP contribution is 2.27. The van der Waals surface area contributed by atoms with Crippen molar-refractivity contribution in [3.63, 3.8) is 0 Å². The van der Waals surface area contributed by atoms with E-state index in [1.54, 1.807) is 0 Å². The number of ketones is 1. The molecule has 0 aromatic heterocycles. The lowest BCUT2D eigenvalue weighted by molar-refractivity contribution is 0.101. The fraction of sp³-hybridized carbons (Fsp3) is 0.133. The van der Waals surface area contributed by atoms with Crippen LogP contribution in [0.4, 0.5) is 10.1 Å². The number of hydrogen-bond acceptors (Lipinski definition) is 4. The lowest BCUT2D eigenvalue weighted by Gasteiger charge is -2.12. The van der Waals surface area contributed by atoms with Gasteiger partial charge in [0.2, 0.25) is 0 Å². The minimum absolute atomic E-state index is 0.0103. The molecule has 0 bridgehead atoms. The van der Waals surface area contributed by atoms with Crippen LogP contribution < -0.4 is 9.46 Å². The Hall–Kier alpha value is -2.41. The Morgan fingerprint density at radius 3 is 2.32 bits per heavy atom. The van der Waals surface area contributed by atoms with Crippen LogP contribution in [0, 0.1) is 5.82 Å².